The average molecular weight is 499 g/mol. The van der Waals surface area contributed by atoms with Gasteiger partial charge in [0.2, 0.25) is 10.0 Å². The van der Waals surface area contributed by atoms with Crippen LogP contribution in [0.15, 0.2) is 62.3 Å². The Morgan fingerprint density at radius 1 is 1.09 bits per heavy atom. The van der Waals surface area contributed by atoms with E-state index in [1.54, 1.807) is 12.1 Å². The number of ether oxygens (including phenoxy) is 2. The van der Waals surface area contributed by atoms with Crippen molar-refractivity contribution in [1.29, 1.82) is 0 Å². The summed E-state index contributed by atoms with van der Waals surface area (Å²) in [5.41, 5.74) is 0.788. The number of hydrogen-bond acceptors (Lipinski definition) is 9. The van der Waals surface area contributed by atoms with E-state index in [9.17, 15) is 13.2 Å². The number of nitrogens with one attached hydrogen (secondary N) is 1. The summed E-state index contributed by atoms with van der Waals surface area (Å²) >= 11 is 0. The first kappa shape index (κ1) is 23.0. The number of nitrogens with zero attached hydrogens (tertiary/aromatic N) is 3. The molecule has 0 unspecified atom stereocenters. The average Bonchev–Trinajstić information content (AvgIpc) is 3.52. The van der Waals surface area contributed by atoms with Crippen molar-refractivity contribution in [2.45, 2.75) is 11.8 Å². The molecule has 0 aliphatic carbocycles. The number of aromatic nitrogens is 2. The third-order valence-corrected chi connectivity index (χ3v) is 7.30. The second kappa shape index (κ2) is 9.49. The summed E-state index contributed by atoms with van der Waals surface area (Å²) in [6.07, 6.45) is 0. The van der Waals surface area contributed by atoms with Crippen molar-refractivity contribution in [3.63, 3.8) is 0 Å². The monoisotopic (exact) mass is 498 g/mol. The fourth-order valence-corrected chi connectivity index (χ4v) is 5.08. The maximum absolute atomic E-state index is 12.7. The SMILES string of the molecule is CCOc1cccc2cc(-c3nnc(NC(=O)c4ccc(S(=O)(=O)N5CCOCC5)cc4)o3)oc12. The zero-order valence-corrected chi connectivity index (χ0v) is 19.6. The topological polar surface area (TPSA) is 137 Å². The van der Waals surface area contributed by atoms with Gasteiger partial charge >= 0.3 is 6.01 Å². The Bertz CT molecular complexity index is 1450. The molecule has 3 heterocycles. The number of amides is 1. The highest BCUT2D eigenvalue weighted by molar-refractivity contribution is 7.89. The molecule has 4 aromatic rings. The number of hydrogen-bond donors (Lipinski definition) is 1. The van der Waals surface area contributed by atoms with Crippen molar-refractivity contribution in [3.8, 4) is 17.4 Å². The number of rotatable bonds is 7. The van der Waals surface area contributed by atoms with E-state index < -0.39 is 15.9 Å². The number of sulfonamides is 1. The maximum Gasteiger partial charge on any atom is 0.322 e. The van der Waals surface area contributed by atoms with E-state index in [2.05, 4.69) is 15.5 Å². The van der Waals surface area contributed by atoms with E-state index in [0.717, 1.165) is 5.39 Å². The summed E-state index contributed by atoms with van der Waals surface area (Å²) in [5, 5.41) is 11.1. The minimum absolute atomic E-state index is 0.0888. The van der Waals surface area contributed by atoms with E-state index in [4.69, 9.17) is 18.3 Å². The second-order valence-electron chi connectivity index (χ2n) is 7.63. The molecular weight excluding hydrogens is 476 g/mol. The molecule has 1 amide bonds. The van der Waals surface area contributed by atoms with Crippen molar-refractivity contribution < 1.29 is 31.5 Å². The summed E-state index contributed by atoms with van der Waals surface area (Å²) in [6, 6.07) is 12.8. The Morgan fingerprint density at radius 2 is 1.86 bits per heavy atom. The zero-order valence-electron chi connectivity index (χ0n) is 18.8. The molecule has 11 nitrogen and oxygen atoms in total. The third-order valence-electron chi connectivity index (χ3n) is 5.39. The number of anilines is 1. The van der Waals surface area contributed by atoms with Gasteiger partial charge in [-0.05, 0) is 43.3 Å². The van der Waals surface area contributed by atoms with Gasteiger partial charge in [-0.3, -0.25) is 10.1 Å². The van der Waals surface area contributed by atoms with Crippen LogP contribution in [0.4, 0.5) is 6.01 Å². The third kappa shape index (κ3) is 4.63. The van der Waals surface area contributed by atoms with E-state index in [0.29, 0.717) is 50.0 Å². The first-order valence-electron chi connectivity index (χ1n) is 10.9. The molecule has 12 heteroatoms. The molecule has 182 valence electrons. The van der Waals surface area contributed by atoms with Gasteiger partial charge in [-0.1, -0.05) is 17.2 Å². The van der Waals surface area contributed by atoms with E-state index >= 15 is 0 Å². The quantitative estimate of drug-likeness (QED) is 0.407. The minimum Gasteiger partial charge on any atom is -0.490 e. The summed E-state index contributed by atoms with van der Waals surface area (Å²) in [7, 11) is -3.65. The molecule has 5 rings (SSSR count). The molecule has 1 saturated heterocycles. The highest BCUT2D eigenvalue weighted by atomic mass is 32.2. The second-order valence-corrected chi connectivity index (χ2v) is 9.56. The smallest absolute Gasteiger partial charge is 0.322 e. The van der Waals surface area contributed by atoms with E-state index in [1.807, 2.05) is 19.1 Å². The van der Waals surface area contributed by atoms with Crippen LogP contribution in [0.3, 0.4) is 0 Å². The molecule has 1 aliphatic rings. The zero-order chi connectivity index (χ0) is 24.4. The Hall–Kier alpha value is -3.74. The predicted octanol–water partition coefficient (Wildman–Crippen LogP) is 3.15. The predicted molar refractivity (Wildman–Crippen MR) is 125 cm³/mol. The van der Waals surface area contributed by atoms with Gasteiger partial charge in [0.15, 0.2) is 17.1 Å². The summed E-state index contributed by atoms with van der Waals surface area (Å²) in [5.74, 6) is 0.492. The molecule has 2 aromatic heterocycles. The number of para-hydroxylation sites is 1. The van der Waals surface area contributed by atoms with E-state index in [-0.39, 0.29) is 22.4 Å². The van der Waals surface area contributed by atoms with Crippen LogP contribution < -0.4 is 10.1 Å². The van der Waals surface area contributed by atoms with Crippen LogP contribution in [0, 0.1) is 0 Å². The van der Waals surface area contributed by atoms with Gasteiger partial charge in [-0.2, -0.15) is 4.31 Å². The van der Waals surface area contributed by atoms with Crippen molar-refractivity contribution in [2.24, 2.45) is 0 Å². The number of benzene rings is 2. The lowest BCUT2D eigenvalue weighted by atomic mass is 10.2. The molecule has 1 aliphatic heterocycles. The van der Waals surface area contributed by atoms with Crippen LogP contribution in [0.1, 0.15) is 17.3 Å². The van der Waals surface area contributed by atoms with Gasteiger partial charge in [0.1, 0.15) is 0 Å². The first-order chi connectivity index (χ1) is 17.0. The molecule has 1 N–H and O–H groups in total. The van der Waals surface area contributed by atoms with Gasteiger partial charge < -0.3 is 18.3 Å². The van der Waals surface area contributed by atoms with Crippen LogP contribution >= 0.6 is 0 Å². The van der Waals surface area contributed by atoms with Crippen LogP contribution in [-0.4, -0.2) is 61.7 Å². The first-order valence-corrected chi connectivity index (χ1v) is 12.4. The van der Waals surface area contributed by atoms with Gasteiger partial charge in [0.05, 0.1) is 24.7 Å². The Kier molecular flexibility index (Phi) is 6.24. The van der Waals surface area contributed by atoms with Crippen LogP contribution in [-0.2, 0) is 14.8 Å². The number of carbonyl (C=O) groups is 1. The Morgan fingerprint density at radius 3 is 2.60 bits per heavy atom. The normalized spacial score (nSPS) is 14.8. The maximum atomic E-state index is 12.7. The Labute approximate surface area is 200 Å². The molecule has 35 heavy (non-hydrogen) atoms. The van der Waals surface area contributed by atoms with Gasteiger partial charge in [0.25, 0.3) is 11.8 Å². The number of carbonyl (C=O) groups excluding carboxylic acids is 1. The molecule has 2 aromatic carbocycles. The van der Waals surface area contributed by atoms with Gasteiger partial charge in [0, 0.05) is 24.0 Å². The van der Waals surface area contributed by atoms with Crippen molar-refractivity contribution in [2.75, 3.05) is 38.2 Å². The molecular formula is C23H22N4O7S. The summed E-state index contributed by atoms with van der Waals surface area (Å²) in [4.78, 5) is 12.7. The molecule has 0 radical (unpaired) electrons. The van der Waals surface area contributed by atoms with Crippen LogP contribution in [0.25, 0.3) is 22.6 Å². The lowest BCUT2D eigenvalue weighted by Crippen LogP contribution is -2.40. The summed E-state index contributed by atoms with van der Waals surface area (Å²) in [6.45, 7) is 3.67. The number of fused-ring (bicyclic) bond motifs is 1. The van der Waals surface area contributed by atoms with Gasteiger partial charge in [-0.15, -0.1) is 5.10 Å². The van der Waals surface area contributed by atoms with Crippen molar-refractivity contribution in [3.05, 3.63) is 54.1 Å². The van der Waals surface area contributed by atoms with Crippen molar-refractivity contribution in [1.82, 2.24) is 14.5 Å². The number of furan rings is 1. The lowest BCUT2D eigenvalue weighted by molar-refractivity contribution is 0.0730. The van der Waals surface area contributed by atoms with Gasteiger partial charge in [-0.25, -0.2) is 8.42 Å². The summed E-state index contributed by atoms with van der Waals surface area (Å²) < 4.78 is 49.0. The highest BCUT2D eigenvalue weighted by Crippen LogP contribution is 2.33. The highest BCUT2D eigenvalue weighted by Gasteiger charge is 2.26. The lowest BCUT2D eigenvalue weighted by Gasteiger charge is -2.26. The molecule has 0 bridgehead atoms. The standard InChI is InChI=1S/C23H22N4O7S/c1-2-32-18-5-3-4-16-14-19(33-20(16)18)22-25-26-23(34-22)24-21(28)15-6-8-17(9-7-15)35(29,30)27-10-12-31-13-11-27/h3-9,14H,2,10-13H2,1H3,(H,24,26,28). The van der Waals surface area contributed by atoms with Crippen LogP contribution in [0.5, 0.6) is 5.75 Å². The van der Waals surface area contributed by atoms with E-state index in [1.165, 1.54) is 28.6 Å². The molecule has 0 spiro atoms. The fraction of sp³-hybridized carbons (Fsp3) is 0.261. The van der Waals surface area contributed by atoms with Crippen molar-refractivity contribution >= 4 is 32.9 Å². The minimum atomic E-state index is -3.65. The Balaban J connectivity index is 1.29. The molecule has 0 atom stereocenters. The molecule has 1 fully saturated rings. The largest absolute Gasteiger partial charge is 0.490 e. The molecule has 0 saturated carbocycles. The van der Waals surface area contributed by atoms with Crippen LogP contribution in [0.2, 0.25) is 0 Å². The number of morpholine rings is 1. The fourth-order valence-electron chi connectivity index (χ4n) is 3.67.